The van der Waals surface area contributed by atoms with Gasteiger partial charge in [-0.15, -0.1) is 0 Å². The molecule has 0 spiro atoms. The molecule has 0 fully saturated rings. The maximum absolute atomic E-state index is 12.6. The fraction of sp³-hybridized carbons (Fsp3) is 0.368. The molecule has 0 radical (unpaired) electrons. The van der Waals surface area contributed by atoms with Crippen molar-refractivity contribution in [1.82, 2.24) is 16.0 Å². The number of carbonyl (C=O) groups is 6. The van der Waals surface area contributed by atoms with E-state index in [0.29, 0.717) is 5.56 Å². The smallest absolute Gasteiger partial charge is 0.326 e. The number of hydrogen-bond donors (Lipinski definition) is 8. The molecule has 1 aromatic carbocycles. The van der Waals surface area contributed by atoms with Crippen LogP contribution in [0.5, 0.6) is 5.75 Å². The van der Waals surface area contributed by atoms with Gasteiger partial charge >= 0.3 is 11.9 Å². The molecule has 180 valence electrons. The zero-order valence-electron chi connectivity index (χ0n) is 17.3. The monoisotopic (exact) mass is 467 g/mol. The number of amides is 4. The second-order valence-electron chi connectivity index (χ2n) is 6.98. The van der Waals surface area contributed by atoms with Gasteiger partial charge in [0.2, 0.25) is 23.6 Å². The molecule has 0 aromatic heterocycles. The van der Waals surface area contributed by atoms with E-state index in [0.717, 1.165) is 0 Å². The summed E-state index contributed by atoms with van der Waals surface area (Å²) in [5, 5.41) is 33.7. The minimum Gasteiger partial charge on any atom is -0.508 e. The Kier molecular flexibility index (Phi) is 10.3. The van der Waals surface area contributed by atoms with Crippen molar-refractivity contribution in [3.05, 3.63) is 29.8 Å². The highest BCUT2D eigenvalue weighted by Crippen LogP contribution is 2.11. The van der Waals surface area contributed by atoms with E-state index in [4.69, 9.17) is 21.7 Å². The van der Waals surface area contributed by atoms with Crippen LogP contribution in [0.4, 0.5) is 0 Å². The van der Waals surface area contributed by atoms with Gasteiger partial charge in [0.25, 0.3) is 0 Å². The average Bonchev–Trinajstić information content (AvgIpc) is 2.71. The van der Waals surface area contributed by atoms with E-state index in [9.17, 15) is 33.9 Å². The van der Waals surface area contributed by atoms with Crippen LogP contribution in [0.1, 0.15) is 18.4 Å². The third-order valence-electron chi connectivity index (χ3n) is 4.20. The summed E-state index contributed by atoms with van der Waals surface area (Å²) in [6, 6.07) is 1.34. The van der Waals surface area contributed by atoms with Gasteiger partial charge in [0, 0.05) is 6.42 Å². The van der Waals surface area contributed by atoms with Crippen molar-refractivity contribution in [2.24, 2.45) is 11.5 Å². The van der Waals surface area contributed by atoms with Crippen molar-refractivity contribution < 1.29 is 44.1 Å². The summed E-state index contributed by atoms with van der Waals surface area (Å²) < 4.78 is 0. The molecule has 10 N–H and O–H groups in total. The lowest BCUT2D eigenvalue weighted by molar-refractivity contribution is -0.143. The highest BCUT2D eigenvalue weighted by Gasteiger charge is 2.27. The summed E-state index contributed by atoms with van der Waals surface area (Å²) in [4.78, 5) is 69.5. The molecule has 14 nitrogen and oxygen atoms in total. The predicted molar refractivity (Wildman–Crippen MR) is 110 cm³/mol. The summed E-state index contributed by atoms with van der Waals surface area (Å²) in [6.45, 7) is -0.690. The number of carbonyl (C=O) groups excluding carboxylic acids is 4. The minimum atomic E-state index is -1.59. The fourth-order valence-corrected chi connectivity index (χ4v) is 2.57. The molecule has 0 aliphatic rings. The van der Waals surface area contributed by atoms with E-state index in [2.05, 4.69) is 10.6 Å². The van der Waals surface area contributed by atoms with Gasteiger partial charge in [-0.25, -0.2) is 4.79 Å². The van der Waals surface area contributed by atoms with E-state index in [1.165, 1.54) is 24.3 Å². The number of hydrogen-bond acceptors (Lipinski definition) is 8. The van der Waals surface area contributed by atoms with E-state index >= 15 is 0 Å². The van der Waals surface area contributed by atoms with Gasteiger partial charge in [-0.1, -0.05) is 12.1 Å². The van der Waals surface area contributed by atoms with E-state index < -0.39 is 73.1 Å². The molecular weight excluding hydrogens is 442 g/mol. The van der Waals surface area contributed by atoms with Crippen LogP contribution >= 0.6 is 0 Å². The van der Waals surface area contributed by atoms with Crippen molar-refractivity contribution >= 4 is 35.6 Å². The number of carboxylic acid groups (broad SMARTS) is 2. The second kappa shape index (κ2) is 12.6. The molecule has 3 unspecified atom stereocenters. The van der Waals surface area contributed by atoms with Gasteiger partial charge in [0.05, 0.1) is 25.4 Å². The molecule has 14 heteroatoms. The molecular formula is C19H25N5O9. The van der Waals surface area contributed by atoms with Gasteiger partial charge < -0.3 is 42.7 Å². The number of nitrogens with one attached hydrogen (secondary N) is 3. The van der Waals surface area contributed by atoms with Gasteiger partial charge in [-0.05, 0) is 17.7 Å². The highest BCUT2D eigenvalue weighted by atomic mass is 16.4. The molecule has 0 aliphatic carbocycles. The first-order chi connectivity index (χ1) is 15.4. The standard InChI is InChI=1S/C19H25N5O9/c20-11(6-16(28)29)17(30)24-12(5-9-1-3-10(25)4-2-9)18(31)22-8-15(27)23-13(19(32)33)7-14(21)26/h1-4,11-13,25H,5-8,20H2,(H2,21,26)(H,22,31)(H,23,27)(H,24,30)(H,28,29)(H,32,33). The van der Waals surface area contributed by atoms with Crippen molar-refractivity contribution in [1.29, 1.82) is 0 Å². The molecule has 0 saturated carbocycles. The predicted octanol–water partition coefficient (Wildman–Crippen LogP) is -3.22. The number of nitrogens with two attached hydrogens (primary N) is 2. The molecule has 0 heterocycles. The molecule has 33 heavy (non-hydrogen) atoms. The molecule has 0 saturated heterocycles. The van der Waals surface area contributed by atoms with Gasteiger partial charge in [-0.2, -0.15) is 0 Å². The van der Waals surface area contributed by atoms with Crippen LogP contribution in [0.3, 0.4) is 0 Å². The lowest BCUT2D eigenvalue weighted by Gasteiger charge is -2.21. The maximum atomic E-state index is 12.6. The number of carboxylic acids is 2. The van der Waals surface area contributed by atoms with Crippen LogP contribution in [0.15, 0.2) is 24.3 Å². The number of aromatic hydroxyl groups is 1. The van der Waals surface area contributed by atoms with E-state index in [-0.39, 0.29) is 12.2 Å². The molecule has 0 aliphatic heterocycles. The SMILES string of the molecule is NC(=O)CC(NC(=O)CNC(=O)C(Cc1ccc(O)cc1)NC(=O)C(N)CC(=O)O)C(=O)O. The van der Waals surface area contributed by atoms with Crippen LogP contribution in [-0.4, -0.2) is 75.6 Å². The fourth-order valence-electron chi connectivity index (χ4n) is 2.57. The topological polar surface area (TPSA) is 251 Å². The number of rotatable bonds is 13. The first-order valence-electron chi connectivity index (χ1n) is 9.52. The number of phenols is 1. The third-order valence-corrected chi connectivity index (χ3v) is 4.20. The van der Waals surface area contributed by atoms with Crippen molar-refractivity contribution in [3.8, 4) is 5.75 Å². The van der Waals surface area contributed by atoms with Gasteiger partial charge in [-0.3, -0.25) is 24.0 Å². The second-order valence-corrected chi connectivity index (χ2v) is 6.98. The molecule has 4 amide bonds. The summed E-state index contributed by atoms with van der Waals surface area (Å²) in [7, 11) is 0. The Morgan fingerprint density at radius 2 is 1.48 bits per heavy atom. The Morgan fingerprint density at radius 1 is 0.879 bits per heavy atom. The zero-order valence-corrected chi connectivity index (χ0v) is 17.3. The summed E-state index contributed by atoms with van der Waals surface area (Å²) in [5.74, 6) is -6.52. The lowest BCUT2D eigenvalue weighted by Crippen LogP contribution is -2.54. The highest BCUT2D eigenvalue weighted by molar-refractivity contribution is 5.94. The Labute approximate surface area is 187 Å². The van der Waals surface area contributed by atoms with Crippen molar-refractivity contribution in [3.63, 3.8) is 0 Å². The van der Waals surface area contributed by atoms with Crippen LogP contribution in [0.2, 0.25) is 0 Å². The first-order valence-corrected chi connectivity index (χ1v) is 9.52. The normalized spacial score (nSPS) is 13.1. The summed E-state index contributed by atoms with van der Waals surface area (Å²) in [5.41, 5.74) is 10.9. The Bertz CT molecular complexity index is 903. The van der Waals surface area contributed by atoms with E-state index in [1.807, 2.05) is 5.32 Å². The van der Waals surface area contributed by atoms with Crippen LogP contribution < -0.4 is 27.4 Å². The van der Waals surface area contributed by atoms with Crippen LogP contribution in [-0.2, 0) is 35.2 Å². The van der Waals surface area contributed by atoms with Crippen LogP contribution in [0, 0.1) is 0 Å². The summed E-state index contributed by atoms with van der Waals surface area (Å²) >= 11 is 0. The first kappa shape index (κ1) is 26.8. The molecule has 3 atom stereocenters. The van der Waals surface area contributed by atoms with Crippen LogP contribution in [0.25, 0.3) is 0 Å². The van der Waals surface area contributed by atoms with Gasteiger partial charge in [0.15, 0.2) is 0 Å². The quantitative estimate of drug-likeness (QED) is 0.144. The average molecular weight is 467 g/mol. The Morgan fingerprint density at radius 3 is 2.00 bits per heavy atom. The van der Waals surface area contributed by atoms with Crippen molar-refractivity contribution in [2.75, 3.05) is 6.54 Å². The minimum absolute atomic E-state index is 0.0344. The number of primary amides is 1. The molecule has 1 aromatic rings. The molecule has 0 bridgehead atoms. The van der Waals surface area contributed by atoms with Gasteiger partial charge in [0.1, 0.15) is 17.8 Å². The largest absolute Gasteiger partial charge is 0.508 e. The molecule has 1 rings (SSSR count). The lowest BCUT2D eigenvalue weighted by atomic mass is 10.0. The third kappa shape index (κ3) is 10.1. The van der Waals surface area contributed by atoms with E-state index in [1.54, 1.807) is 0 Å². The zero-order chi connectivity index (χ0) is 25.1. The number of phenolic OH excluding ortho intramolecular Hbond substituents is 1. The van der Waals surface area contributed by atoms with Crippen molar-refractivity contribution in [2.45, 2.75) is 37.4 Å². The Balaban J connectivity index is 2.85. The maximum Gasteiger partial charge on any atom is 0.326 e. The number of benzene rings is 1. The Hall–Kier alpha value is -4.20. The summed E-state index contributed by atoms with van der Waals surface area (Å²) in [6.07, 6.45) is -1.44. The number of aliphatic carboxylic acids is 2.